The zero-order chi connectivity index (χ0) is 19.7. The molecule has 1 unspecified atom stereocenters. The molecule has 27 heavy (non-hydrogen) atoms. The van der Waals surface area contributed by atoms with Crippen molar-refractivity contribution in [3.05, 3.63) is 76.5 Å². The molecule has 0 aliphatic carbocycles. The molecule has 0 radical (unpaired) electrons. The van der Waals surface area contributed by atoms with Gasteiger partial charge in [0.15, 0.2) is 5.11 Å². The highest BCUT2D eigenvalue weighted by Gasteiger charge is 2.35. The van der Waals surface area contributed by atoms with Gasteiger partial charge < -0.3 is 10.1 Å². The van der Waals surface area contributed by atoms with Gasteiger partial charge in [-0.3, -0.25) is 4.90 Å². The van der Waals surface area contributed by atoms with E-state index in [1.54, 1.807) is 43.0 Å². The number of carbonyl (C=O) groups is 1. The topological polar surface area (TPSA) is 41.6 Å². The highest BCUT2D eigenvalue weighted by atomic mass is 32.1. The minimum absolute atomic E-state index is 0.303. The van der Waals surface area contributed by atoms with Crippen LogP contribution >= 0.6 is 12.2 Å². The second-order valence-electron chi connectivity index (χ2n) is 6.19. The number of nitrogens with zero attached hydrogens (tertiary/aromatic N) is 1. The predicted molar refractivity (Wildman–Crippen MR) is 103 cm³/mol. The molecule has 1 heterocycles. The smallest absolute Gasteiger partial charge is 0.337 e. The monoisotopic (exact) mass is 388 g/mol. The van der Waals surface area contributed by atoms with Gasteiger partial charge in [-0.15, -0.1) is 0 Å². The Balaban J connectivity index is 2.14. The van der Waals surface area contributed by atoms with Crippen LogP contribution in [-0.2, 0) is 9.53 Å². The van der Waals surface area contributed by atoms with E-state index in [4.69, 9.17) is 17.0 Å². The molecular formula is C20H18F2N2O2S. The van der Waals surface area contributed by atoms with Crippen molar-refractivity contribution < 1.29 is 18.3 Å². The lowest BCUT2D eigenvalue weighted by molar-refractivity contribution is -0.136. The fourth-order valence-electron chi connectivity index (χ4n) is 3.05. The lowest BCUT2D eigenvalue weighted by Crippen LogP contribution is -2.48. The number of hydrogen-bond donors (Lipinski definition) is 1. The van der Waals surface area contributed by atoms with Crippen LogP contribution in [0.2, 0.25) is 0 Å². The normalized spacial score (nSPS) is 17.0. The average Bonchev–Trinajstić information content (AvgIpc) is 2.64. The minimum Gasteiger partial charge on any atom is -0.466 e. The Morgan fingerprint density at radius 3 is 2.41 bits per heavy atom. The van der Waals surface area contributed by atoms with Crippen LogP contribution in [0.25, 0.3) is 0 Å². The lowest BCUT2D eigenvalue weighted by Gasteiger charge is -2.37. The maximum atomic E-state index is 14.1. The van der Waals surface area contributed by atoms with Gasteiger partial charge in [0.05, 0.1) is 24.4 Å². The Bertz CT molecular complexity index is 941. The second-order valence-corrected chi connectivity index (χ2v) is 6.58. The molecule has 1 aliphatic heterocycles. The summed E-state index contributed by atoms with van der Waals surface area (Å²) < 4.78 is 32.3. The van der Waals surface area contributed by atoms with Gasteiger partial charge >= 0.3 is 5.97 Å². The summed E-state index contributed by atoms with van der Waals surface area (Å²) in [4.78, 5) is 14.1. The van der Waals surface area contributed by atoms with Crippen molar-refractivity contribution in [3.8, 4) is 0 Å². The highest BCUT2D eigenvalue weighted by Crippen LogP contribution is 2.34. The number of thiocarbonyl (C=S) groups is 1. The maximum absolute atomic E-state index is 14.1. The standard InChI is InChI=1S/C20H18F2N2O2S/c1-11-4-9-15(10-16(11)22)24-12(2)17(19(25)26-3)18(23-20(24)27)13-5-7-14(21)8-6-13/h4-10,18H,1-3H3,(H,23,27). The molecule has 1 N–H and O–H groups in total. The van der Waals surface area contributed by atoms with Crippen LogP contribution in [0.4, 0.5) is 14.5 Å². The Kier molecular flexibility index (Phi) is 5.23. The number of halogens is 2. The number of esters is 1. The summed E-state index contributed by atoms with van der Waals surface area (Å²) >= 11 is 5.47. The van der Waals surface area contributed by atoms with Crippen molar-refractivity contribution in [1.82, 2.24) is 5.32 Å². The van der Waals surface area contributed by atoms with Crippen LogP contribution in [0.1, 0.15) is 24.1 Å². The number of methoxy groups -OCH3 is 1. The van der Waals surface area contributed by atoms with Gasteiger partial charge in [0.2, 0.25) is 0 Å². The summed E-state index contributed by atoms with van der Waals surface area (Å²) in [6.45, 7) is 3.38. The van der Waals surface area contributed by atoms with Crippen LogP contribution < -0.4 is 10.2 Å². The molecule has 0 aromatic heterocycles. The molecule has 140 valence electrons. The van der Waals surface area contributed by atoms with Gasteiger partial charge in [0, 0.05) is 5.70 Å². The molecule has 7 heteroatoms. The summed E-state index contributed by atoms with van der Waals surface area (Å²) in [5.41, 5.74) is 2.50. The number of allylic oxidation sites excluding steroid dienone is 1. The van der Waals surface area contributed by atoms with Gasteiger partial charge in [0.1, 0.15) is 11.6 Å². The molecule has 0 saturated carbocycles. The molecule has 2 aromatic carbocycles. The number of anilines is 1. The lowest BCUT2D eigenvalue weighted by atomic mass is 9.94. The summed E-state index contributed by atoms with van der Waals surface area (Å²) in [7, 11) is 1.28. The molecular weight excluding hydrogens is 370 g/mol. The molecule has 1 atom stereocenters. The zero-order valence-electron chi connectivity index (χ0n) is 15.0. The summed E-state index contributed by atoms with van der Waals surface area (Å²) in [5, 5.41) is 3.39. The first-order chi connectivity index (χ1) is 12.8. The SMILES string of the molecule is COC(=O)C1=C(C)N(c2ccc(C)c(F)c2)C(=S)NC1c1ccc(F)cc1. The molecule has 1 aliphatic rings. The first-order valence-corrected chi connectivity index (χ1v) is 8.65. The molecule has 0 amide bonds. The quantitative estimate of drug-likeness (QED) is 0.632. The third-order valence-electron chi connectivity index (χ3n) is 4.51. The highest BCUT2D eigenvalue weighted by molar-refractivity contribution is 7.80. The number of ether oxygens (including phenoxy) is 1. The van der Waals surface area contributed by atoms with Gasteiger partial charge in [-0.1, -0.05) is 18.2 Å². The number of hydrogen-bond acceptors (Lipinski definition) is 3. The van der Waals surface area contributed by atoms with Crippen molar-refractivity contribution in [2.45, 2.75) is 19.9 Å². The number of rotatable bonds is 3. The molecule has 0 saturated heterocycles. The molecule has 0 bridgehead atoms. The number of nitrogens with one attached hydrogen (secondary N) is 1. The predicted octanol–water partition coefficient (Wildman–Crippen LogP) is 4.16. The van der Waals surface area contributed by atoms with E-state index in [0.717, 1.165) is 0 Å². The Hall–Kier alpha value is -2.80. The summed E-state index contributed by atoms with van der Waals surface area (Å²) in [5.74, 6) is -1.30. The summed E-state index contributed by atoms with van der Waals surface area (Å²) in [6, 6.07) is 9.91. The molecule has 3 rings (SSSR count). The minimum atomic E-state index is -0.600. The number of carbonyl (C=O) groups excluding carboxylic acids is 1. The molecule has 4 nitrogen and oxygen atoms in total. The van der Waals surface area contributed by atoms with E-state index in [2.05, 4.69) is 5.32 Å². The Morgan fingerprint density at radius 1 is 1.15 bits per heavy atom. The van der Waals surface area contributed by atoms with Crippen molar-refractivity contribution in [2.75, 3.05) is 12.0 Å². The van der Waals surface area contributed by atoms with Crippen LogP contribution in [-0.4, -0.2) is 18.2 Å². The van der Waals surface area contributed by atoms with Crippen molar-refractivity contribution >= 4 is 29.0 Å². The van der Waals surface area contributed by atoms with Crippen molar-refractivity contribution in [2.24, 2.45) is 0 Å². The van der Waals surface area contributed by atoms with Crippen LogP contribution in [0, 0.1) is 18.6 Å². The van der Waals surface area contributed by atoms with Crippen LogP contribution in [0.15, 0.2) is 53.7 Å². The maximum Gasteiger partial charge on any atom is 0.337 e. The van der Waals surface area contributed by atoms with E-state index < -0.39 is 12.0 Å². The van der Waals surface area contributed by atoms with E-state index in [9.17, 15) is 13.6 Å². The fourth-order valence-corrected chi connectivity index (χ4v) is 3.41. The van der Waals surface area contributed by atoms with E-state index in [1.165, 1.54) is 25.3 Å². The first-order valence-electron chi connectivity index (χ1n) is 8.24. The van der Waals surface area contributed by atoms with Crippen LogP contribution in [0.5, 0.6) is 0 Å². The van der Waals surface area contributed by atoms with Crippen LogP contribution in [0.3, 0.4) is 0 Å². The number of aryl methyl sites for hydroxylation is 1. The van der Waals surface area contributed by atoms with E-state index in [0.29, 0.717) is 33.2 Å². The first kappa shape index (κ1) is 19.0. The van der Waals surface area contributed by atoms with Gasteiger partial charge in [-0.2, -0.15) is 0 Å². The third-order valence-corrected chi connectivity index (χ3v) is 4.81. The fraction of sp³-hybridized carbons (Fsp3) is 0.200. The van der Waals surface area contributed by atoms with E-state index >= 15 is 0 Å². The zero-order valence-corrected chi connectivity index (χ0v) is 15.9. The Morgan fingerprint density at radius 2 is 1.81 bits per heavy atom. The average molecular weight is 388 g/mol. The van der Waals surface area contributed by atoms with E-state index in [1.807, 2.05) is 0 Å². The number of benzene rings is 2. The van der Waals surface area contributed by atoms with Crippen molar-refractivity contribution in [3.63, 3.8) is 0 Å². The van der Waals surface area contributed by atoms with E-state index in [-0.39, 0.29) is 11.6 Å². The Labute approximate surface area is 161 Å². The second kappa shape index (κ2) is 7.44. The summed E-state index contributed by atoms with van der Waals surface area (Å²) in [6.07, 6.45) is 0. The third kappa shape index (κ3) is 3.55. The molecule has 0 fully saturated rings. The molecule has 2 aromatic rings. The van der Waals surface area contributed by atoms with Gasteiger partial charge in [-0.25, -0.2) is 13.6 Å². The van der Waals surface area contributed by atoms with Gasteiger partial charge in [-0.05, 0) is 61.5 Å². The van der Waals surface area contributed by atoms with Gasteiger partial charge in [0.25, 0.3) is 0 Å². The molecule has 0 spiro atoms. The largest absolute Gasteiger partial charge is 0.466 e. The van der Waals surface area contributed by atoms with Crippen molar-refractivity contribution in [1.29, 1.82) is 0 Å².